The Hall–Kier alpha value is -3.11. The third-order valence-corrected chi connectivity index (χ3v) is 4.33. The second-order valence-corrected chi connectivity index (χ2v) is 6.29. The number of hydrogen-bond donors (Lipinski definition) is 4. The Balaban J connectivity index is 1.56. The van der Waals surface area contributed by atoms with Gasteiger partial charge in [0.05, 0.1) is 55.8 Å². The summed E-state index contributed by atoms with van der Waals surface area (Å²) in [5, 5.41) is 23.3. The van der Waals surface area contributed by atoms with E-state index in [2.05, 4.69) is 25.8 Å². The summed E-state index contributed by atoms with van der Waals surface area (Å²) in [5.74, 6) is 0.758. The zero-order chi connectivity index (χ0) is 20.6. The molecule has 156 valence electrons. The minimum atomic E-state index is -1.06. The number of nitrogens with zero attached hydrogens (tertiary/aromatic N) is 2. The van der Waals surface area contributed by atoms with Gasteiger partial charge in [0, 0.05) is 18.5 Å². The molecule has 10 heteroatoms. The number of rotatable bonds is 11. The molecule has 3 rings (SSSR count). The Labute approximate surface area is 167 Å². The van der Waals surface area contributed by atoms with Crippen LogP contribution in [0.1, 0.15) is 5.69 Å². The Kier molecular flexibility index (Phi) is 7.04. The lowest BCUT2D eigenvalue weighted by atomic mass is 10.1. The molecule has 0 fully saturated rings. The van der Waals surface area contributed by atoms with Crippen molar-refractivity contribution in [2.24, 2.45) is 0 Å². The van der Waals surface area contributed by atoms with Crippen molar-refractivity contribution in [3.8, 4) is 5.75 Å². The molecular weight excluding hydrogens is 378 g/mol. The predicted octanol–water partition coefficient (Wildman–Crippen LogP) is 2.14. The molecule has 3 aromatic rings. The molecule has 1 aromatic carbocycles. The molecule has 1 amide bonds. The van der Waals surface area contributed by atoms with Gasteiger partial charge in [-0.15, -0.1) is 0 Å². The first-order valence-corrected chi connectivity index (χ1v) is 9.28. The van der Waals surface area contributed by atoms with Gasteiger partial charge in [0.25, 0.3) is 0 Å². The lowest BCUT2D eigenvalue weighted by Gasteiger charge is -2.13. The van der Waals surface area contributed by atoms with E-state index in [1.807, 2.05) is 25.1 Å². The molecule has 10 nitrogen and oxygen atoms in total. The summed E-state index contributed by atoms with van der Waals surface area (Å²) in [6, 6.07) is 5.75. The number of pyridine rings is 1. The number of aromatic nitrogens is 3. The number of anilines is 1. The first kappa shape index (κ1) is 20.6. The molecule has 0 spiro atoms. The number of carboxylic acid groups (broad SMARTS) is 1. The van der Waals surface area contributed by atoms with E-state index in [0.717, 1.165) is 39.1 Å². The third kappa shape index (κ3) is 5.24. The number of methoxy groups -OCH3 is 1. The standard InChI is InChI=1S/C19H25N5O5/c1-12-16-17(20-5-7-28-9-10-29-8-6-21-19(25)26)14-11-13(27-2)3-4-15(14)22-18(16)24-23-12/h3-4,11,21H,5-10H2,1-2H3,(H,25,26)(H2,20,22,23,24). The van der Waals surface area contributed by atoms with Crippen LogP contribution in [0.15, 0.2) is 18.2 Å². The molecule has 0 aliphatic heterocycles. The number of hydrogen-bond acceptors (Lipinski definition) is 7. The highest BCUT2D eigenvalue weighted by atomic mass is 16.5. The van der Waals surface area contributed by atoms with Crippen molar-refractivity contribution in [2.75, 3.05) is 51.9 Å². The molecule has 2 aromatic heterocycles. The molecule has 0 saturated carbocycles. The van der Waals surface area contributed by atoms with Crippen LogP contribution >= 0.6 is 0 Å². The first-order chi connectivity index (χ1) is 14.1. The Morgan fingerprint density at radius 1 is 1.17 bits per heavy atom. The lowest BCUT2D eigenvalue weighted by molar-refractivity contribution is 0.0528. The molecule has 0 atom stereocenters. The van der Waals surface area contributed by atoms with Crippen molar-refractivity contribution in [1.29, 1.82) is 0 Å². The summed E-state index contributed by atoms with van der Waals surface area (Å²) in [5.41, 5.74) is 3.37. The zero-order valence-electron chi connectivity index (χ0n) is 16.4. The molecule has 0 unspecified atom stereocenters. The van der Waals surface area contributed by atoms with Crippen molar-refractivity contribution < 1.29 is 24.1 Å². The van der Waals surface area contributed by atoms with Crippen LogP contribution in [0.3, 0.4) is 0 Å². The van der Waals surface area contributed by atoms with E-state index in [9.17, 15) is 4.79 Å². The number of fused-ring (bicyclic) bond motifs is 2. The van der Waals surface area contributed by atoms with Crippen LogP contribution in [0.2, 0.25) is 0 Å². The minimum Gasteiger partial charge on any atom is -0.497 e. The van der Waals surface area contributed by atoms with E-state index in [-0.39, 0.29) is 6.54 Å². The largest absolute Gasteiger partial charge is 0.497 e. The molecule has 0 bridgehead atoms. The Bertz CT molecular complexity index is 974. The number of aryl methyl sites for hydroxylation is 1. The molecular formula is C19H25N5O5. The molecule has 0 aliphatic carbocycles. The summed E-state index contributed by atoms with van der Waals surface area (Å²) in [7, 11) is 1.64. The summed E-state index contributed by atoms with van der Waals surface area (Å²) in [6.07, 6.45) is -1.06. The molecule has 0 aliphatic rings. The highest BCUT2D eigenvalue weighted by Crippen LogP contribution is 2.33. The third-order valence-electron chi connectivity index (χ3n) is 4.33. The van der Waals surface area contributed by atoms with E-state index < -0.39 is 6.09 Å². The van der Waals surface area contributed by atoms with Gasteiger partial charge in [-0.05, 0) is 25.1 Å². The van der Waals surface area contributed by atoms with Crippen molar-refractivity contribution in [3.05, 3.63) is 23.9 Å². The fourth-order valence-electron chi connectivity index (χ4n) is 2.98. The average Bonchev–Trinajstić information content (AvgIpc) is 3.08. The smallest absolute Gasteiger partial charge is 0.404 e. The van der Waals surface area contributed by atoms with E-state index in [1.165, 1.54) is 0 Å². The van der Waals surface area contributed by atoms with Gasteiger partial charge < -0.3 is 30.0 Å². The topological polar surface area (TPSA) is 131 Å². The molecule has 2 heterocycles. The summed E-state index contributed by atoms with van der Waals surface area (Å²) in [6.45, 7) is 4.43. The minimum absolute atomic E-state index is 0.259. The van der Waals surface area contributed by atoms with Gasteiger partial charge in [0.15, 0.2) is 5.65 Å². The van der Waals surface area contributed by atoms with Crippen molar-refractivity contribution in [1.82, 2.24) is 20.5 Å². The summed E-state index contributed by atoms with van der Waals surface area (Å²) >= 11 is 0. The Morgan fingerprint density at radius 2 is 1.93 bits per heavy atom. The van der Waals surface area contributed by atoms with Crippen LogP contribution in [-0.2, 0) is 9.47 Å². The maximum atomic E-state index is 10.3. The molecule has 29 heavy (non-hydrogen) atoms. The van der Waals surface area contributed by atoms with Gasteiger partial charge in [0.2, 0.25) is 0 Å². The maximum Gasteiger partial charge on any atom is 0.404 e. The van der Waals surface area contributed by atoms with Gasteiger partial charge >= 0.3 is 6.09 Å². The number of benzene rings is 1. The van der Waals surface area contributed by atoms with Crippen LogP contribution in [0.5, 0.6) is 5.75 Å². The van der Waals surface area contributed by atoms with E-state index in [4.69, 9.17) is 19.3 Å². The number of aromatic amines is 1. The monoisotopic (exact) mass is 403 g/mol. The number of nitrogens with one attached hydrogen (secondary N) is 3. The van der Waals surface area contributed by atoms with Gasteiger partial charge in [0.1, 0.15) is 5.75 Å². The quantitative estimate of drug-likeness (QED) is 0.358. The van der Waals surface area contributed by atoms with Crippen molar-refractivity contribution in [2.45, 2.75) is 6.92 Å². The fraction of sp³-hybridized carbons (Fsp3) is 0.421. The van der Waals surface area contributed by atoms with Crippen LogP contribution in [0.25, 0.3) is 21.9 Å². The highest BCUT2D eigenvalue weighted by Gasteiger charge is 2.14. The second-order valence-electron chi connectivity index (χ2n) is 6.29. The molecule has 0 radical (unpaired) electrons. The average molecular weight is 403 g/mol. The summed E-state index contributed by atoms with van der Waals surface area (Å²) in [4.78, 5) is 14.9. The van der Waals surface area contributed by atoms with Gasteiger partial charge in [-0.2, -0.15) is 5.10 Å². The van der Waals surface area contributed by atoms with Crippen molar-refractivity contribution in [3.63, 3.8) is 0 Å². The van der Waals surface area contributed by atoms with E-state index >= 15 is 0 Å². The molecule has 0 saturated heterocycles. The van der Waals surface area contributed by atoms with Gasteiger partial charge in [-0.25, -0.2) is 9.78 Å². The maximum absolute atomic E-state index is 10.3. The number of amides is 1. The van der Waals surface area contributed by atoms with Crippen LogP contribution in [-0.4, -0.2) is 73.0 Å². The normalized spacial score (nSPS) is 11.1. The SMILES string of the molecule is COc1ccc2nc3[nH]nc(C)c3c(NCCOCCOCCNC(=O)O)c2c1. The highest BCUT2D eigenvalue weighted by molar-refractivity contribution is 6.07. The molecule has 4 N–H and O–H groups in total. The first-order valence-electron chi connectivity index (χ1n) is 9.28. The van der Waals surface area contributed by atoms with Crippen molar-refractivity contribution >= 4 is 33.7 Å². The van der Waals surface area contributed by atoms with E-state index in [0.29, 0.717) is 33.0 Å². The number of carbonyl (C=O) groups is 1. The second kappa shape index (κ2) is 9.89. The lowest BCUT2D eigenvalue weighted by Crippen LogP contribution is -2.25. The van der Waals surface area contributed by atoms with Crippen LogP contribution in [0, 0.1) is 6.92 Å². The van der Waals surface area contributed by atoms with Gasteiger partial charge in [-0.1, -0.05) is 0 Å². The predicted molar refractivity (Wildman–Crippen MR) is 109 cm³/mol. The van der Waals surface area contributed by atoms with Gasteiger partial charge in [-0.3, -0.25) is 5.10 Å². The number of H-pyrrole nitrogens is 1. The summed E-state index contributed by atoms with van der Waals surface area (Å²) < 4.78 is 16.2. The fourth-order valence-corrected chi connectivity index (χ4v) is 2.98. The van der Waals surface area contributed by atoms with Crippen LogP contribution < -0.4 is 15.4 Å². The number of ether oxygens (including phenoxy) is 3. The Morgan fingerprint density at radius 3 is 2.66 bits per heavy atom. The zero-order valence-corrected chi connectivity index (χ0v) is 16.4. The van der Waals surface area contributed by atoms with Crippen LogP contribution in [0.4, 0.5) is 10.5 Å². The van der Waals surface area contributed by atoms with E-state index in [1.54, 1.807) is 7.11 Å².